The van der Waals surface area contributed by atoms with Gasteiger partial charge in [0.2, 0.25) is 0 Å². The summed E-state index contributed by atoms with van der Waals surface area (Å²) in [6.45, 7) is 0.352. The van der Waals surface area contributed by atoms with E-state index in [1.54, 1.807) is 37.3 Å². The summed E-state index contributed by atoms with van der Waals surface area (Å²) in [5.41, 5.74) is 2.12. The molecule has 0 saturated heterocycles. The van der Waals surface area contributed by atoms with Crippen molar-refractivity contribution >= 4 is 17.4 Å². The van der Waals surface area contributed by atoms with E-state index in [4.69, 9.17) is 9.47 Å². The monoisotopic (exact) mass is 410 g/mol. The highest BCUT2D eigenvalue weighted by Crippen LogP contribution is 2.35. The molecule has 0 aliphatic carbocycles. The molecule has 1 N–H and O–H groups in total. The molecule has 30 heavy (non-hydrogen) atoms. The number of amides is 2. The summed E-state index contributed by atoms with van der Waals surface area (Å²) in [6, 6.07) is 14.6. The van der Waals surface area contributed by atoms with Crippen molar-refractivity contribution < 1.29 is 24.2 Å². The van der Waals surface area contributed by atoms with Gasteiger partial charge in [-0.15, -0.1) is 0 Å². The maximum absolute atomic E-state index is 13.3. The van der Waals surface area contributed by atoms with Gasteiger partial charge in [-0.3, -0.25) is 14.5 Å². The lowest BCUT2D eigenvalue weighted by molar-refractivity contribution is -0.137. The molecule has 0 atom stereocenters. The van der Waals surface area contributed by atoms with Gasteiger partial charge in [0.25, 0.3) is 11.8 Å². The van der Waals surface area contributed by atoms with Crippen molar-refractivity contribution in [1.82, 2.24) is 9.80 Å². The molecule has 0 bridgehead atoms. The molecule has 1 aliphatic rings. The van der Waals surface area contributed by atoms with E-state index >= 15 is 0 Å². The fraction of sp³-hybridized carbons (Fsp3) is 0.304. The zero-order valence-electron chi connectivity index (χ0n) is 17.4. The fourth-order valence-corrected chi connectivity index (χ4v) is 3.51. The lowest BCUT2D eigenvalue weighted by Gasteiger charge is -2.20. The molecular weight excluding hydrogens is 384 g/mol. The molecule has 158 valence electrons. The number of hydrogen-bond acceptors (Lipinski definition) is 6. The summed E-state index contributed by atoms with van der Waals surface area (Å²) in [4.78, 5) is 29.4. The Morgan fingerprint density at radius 1 is 0.967 bits per heavy atom. The predicted octanol–water partition coefficient (Wildman–Crippen LogP) is 1.95. The molecule has 0 radical (unpaired) electrons. The largest absolute Gasteiger partial charge is 0.497 e. The molecule has 0 unspecified atom stereocenters. The molecule has 1 aliphatic heterocycles. The highest BCUT2D eigenvalue weighted by Gasteiger charge is 2.41. The average molecular weight is 410 g/mol. The second-order valence-corrected chi connectivity index (χ2v) is 6.93. The number of methoxy groups -OCH3 is 2. The van der Waals surface area contributed by atoms with Crippen LogP contribution in [0, 0.1) is 0 Å². The zero-order chi connectivity index (χ0) is 21.7. The molecule has 2 amide bonds. The number of imide groups is 1. The Labute approximate surface area is 176 Å². The van der Waals surface area contributed by atoms with Gasteiger partial charge in [-0.25, -0.2) is 0 Å². The number of nitrogens with zero attached hydrogens (tertiary/aromatic N) is 2. The van der Waals surface area contributed by atoms with E-state index in [1.807, 2.05) is 30.3 Å². The van der Waals surface area contributed by atoms with E-state index in [0.29, 0.717) is 23.3 Å². The van der Waals surface area contributed by atoms with Gasteiger partial charge in [0, 0.05) is 25.7 Å². The molecule has 0 aromatic heterocycles. The Kier molecular flexibility index (Phi) is 6.74. The van der Waals surface area contributed by atoms with Gasteiger partial charge in [0.05, 0.1) is 26.4 Å². The van der Waals surface area contributed by atoms with Crippen molar-refractivity contribution in [3.8, 4) is 11.5 Å². The standard InChI is InChI=1S/C23H26N2O5/c1-24(14-15-26)21-20(18-6-4-5-7-19(18)30-3)22(27)25(23(21)28)13-12-16-8-10-17(29-2)11-9-16/h4-11,26H,12-15H2,1-3H3. The topological polar surface area (TPSA) is 79.3 Å². The number of likely N-dealkylation sites (N-methyl/N-ethyl adjacent to an activating group) is 1. The molecule has 2 aromatic carbocycles. The van der Waals surface area contributed by atoms with Crippen LogP contribution in [0.5, 0.6) is 11.5 Å². The second kappa shape index (κ2) is 9.45. The quantitative estimate of drug-likeness (QED) is 0.637. The van der Waals surface area contributed by atoms with Gasteiger partial charge in [-0.1, -0.05) is 30.3 Å². The maximum Gasteiger partial charge on any atom is 0.277 e. The third-order valence-electron chi connectivity index (χ3n) is 5.12. The highest BCUT2D eigenvalue weighted by molar-refractivity contribution is 6.36. The molecule has 7 heteroatoms. The fourth-order valence-electron chi connectivity index (χ4n) is 3.51. The van der Waals surface area contributed by atoms with Crippen molar-refractivity contribution in [1.29, 1.82) is 0 Å². The number of para-hydroxylation sites is 1. The van der Waals surface area contributed by atoms with Crippen molar-refractivity contribution in [3.63, 3.8) is 0 Å². The summed E-state index contributed by atoms with van der Waals surface area (Å²) in [7, 11) is 4.82. The molecule has 0 spiro atoms. The van der Waals surface area contributed by atoms with Crippen LogP contribution in [0.15, 0.2) is 54.2 Å². The number of rotatable bonds is 9. The Morgan fingerprint density at radius 3 is 2.30 bits per heavy atom. The summed E-state index contributed by atoms with van der Waals surface area (Å²) in [5, 5.41) is 9.36. The van der Waals surface area contributed by atoms with Crippen LogP contribution in [0.4, 0.5) is 0 Å². The summed E-state index contributed by atoms with van der Waals surface area (Å²) >= 11 is 0. The van der Waals surface area contributed by atoms with Gasteiger partial charge in [0.15, 0.2) is 0 Å². The van der Waals surface area contributed by atoms with Gasteiger partial charge in [0.1, 0.15) is 17.2 Å². The van der Waals surface area contributed by atoms with Crippen LogP contribution in [-0.2, 0) is 16.0 Å². The normalized spacial score (nSPS) is 13.8. The molecule has 7 nitrogen and oxygen atoms in total. The first-order chi connectivity index (χ1) is 14.5. The van der Waals surface area contributed by atoms with Gasteiger partial charge in [-0.2, -0.15) is 0 Å². The molecule has 0 fully saturated rings. The Balaban J connectivity index is 1.92. The van der Waals surface area contributed by atoms with E-state index in [2.05, 4.69) is 0 Å². The van der Waals surface area contributed by atoms with E-state index < -0.39 is 0 Å². The summed E-state index contributed by atoms with van der Waals surface area (Å²) < 4.78 is 10.6. The van der Waals surface area contributed by atoms with Crippen LogP contribution in [0.2, 0.25) is 0 Å². The first-order valence-corrected chi connectivity index (χ1v) is 9.70. The summed E-state index contributed by atoms with van der Waals surface area (Å²) in [6.07, 6.45) is 0.525. The highest BCUT2D eigenvalue weighted by atomic mass is 16.5. The maximum atomic E-state index is 13.3. The van der Waals surface area contributed by atoms with Crippen molar-refractivity contribution in [2.75, 3.05) is 41.0 Å². The van der Waals surface area contributed by atoms with Crippen molar-refractivity contribution in [3.05, 3.63) is 65.4 Å². The number of hydrogen-bond donors (Lipinski definition) is 1. The smallest absolute Gasteiger partial charge is 0.277 e. The zero-order valence-corrected chi connectivity index (χ0v) is 17.4. The van der Waals surface area contributed by atoms with E-state index in [-0.39, 0.29) is 37.2 Å². The molecule has 0 saturated carbocycles. The van der Waals surface area contributed by atoms with Gasteiger partial charge < -0.3 is 19.5 Å². The molecule has 1 heterocycles. The number of aliphatic hydroxyl groups is 1. The van der Waals surface area contributed by atoms with Crippen LogP contribution in [0.25, 0.3) is 5.57 Å². The van der Waals surface area contributed by atoms with E-state index in [1.165, 1.54) is 12.0 Å². The van der Waals surface area contributed by atoms with Gasteiger partial charge >= 0.3 is 0 Å². The van der Waals surface area contributed by atoms with Crippen LogP contribution in [0.3, 0.4) is 0 Å². The second-order valence-electron chi connectivity index (χ2n) is 6.93. The lowest BCUT2D eigenvalue weighted by atomic mass is 10.0. The van der Waals surface area contributed by atoms with Crippen LogP contribution in [-0.4, -0.2) is 67.7 Å². The number of benzene rings is 2. The number of carbonyl (C=O) groups is 2. The Morgan fingerprint density at radius 2 is 1.67 bits per heavy atom. The minimum atomic E-state index is -0.370. The van der Waals surface area contributed by atoms with Crippen LogP contribution >= 0.6 is 0 Å². The van der Waals surface area contributed by atoms with Crippen molar-refractivity contribution in [2.45, 2.75) is 6.42 Å². The Hall–Kier alpha value is -3.32. The molecule has 3 rings (SSSR count). The first kappa shape index (κ1) is 21.4. The number of aliphatic hydroxyl groups excluding tert-OH is 1. The first-order valence-electron chi connectivity index (χ1n) is 9.70. The number of carbonyl (C=O) groups excluding carboxylic acids is 2. The van der Waals surface area contributed by atoms with E-state index in [9.17, 15) is 14.7 Å². The third-order valence-corrected chi connectivity index (χ3v) is 5.12. The van der Waals surface area contributed by atoms with Crippen LogP contribution in [0.1, 0.15) is 11.1 Å². The average Bonchev–Trinajstić information content (AvgIpc) is 3.02. The lowest BCUT2D eigenvalue weighted by Crippen LogP contribution is -2.36. The van der Waals surface area contributed by atoms with Gasteiger partial charge in [-0.05, 0) is 30.2 Å². The number of ether oxygens (including phenoxy) is 2. The summed E-state index contributed by atoms with van der Waals surface area (Å²) in [5.74, 6) is 0.531. The van der Waals surface area contributed by atoms with E-state index in [0.717, 1.165) is 11.3 Å². The SMILES string of the molecule is COc1ccc(CCN2C(=O)C(c3ccccc3OC)=C(N(C)CCO)C2=O)cc1. The molecule has 2 aromatic rings. The minimum Gasteiger partial charge on any atom is -0.497 e. The minimum absolute atomic E-state index is 0.132. The van der Waals surface area contributed by atoms with Crippen LogP contribution < -0.4 is 9.47 Å². The Bertz CT molecular complexity index is 952. The third kappa shape index (κ3) is 4.16. The predicted molar refractivity (Wildman–Crippen MR) is 113 cm³/mol. The van der Waals surface area contributed by atoms with Crippen molar-refractivity contribution in [2.24, 2.45) is 0 Å². The molecular formula is C23H26N2O5.